The minimum atomic E-state index is -0.0511. The Morgan fingerprint density at radius 3 is 2.55 bits per heavy atom. The lowest BCUT2D eigenvalue weighted by molar-refractivity contribution is 0.0931. The highest BCUT2D eigenvalue weighted by Gasteiger charge is 2.22. The summed E-state index contributed by atoms with van der Waals surface area (Å²) in [6.45, 7) is 8.36. The van der Waals surface area contributed by atoms with Crippen LogP contribution in [0.2, 0.25) is 0 Å². The Bertz CT molecular complexity index is 989. The van der Waals surface area contributed by atoms with E-state index in [-0.39, 0.29) is 11.9 Å². The molecule has 0 bridgehead atoms. The number of carbonyl (C=O) groups excluding carboxylic acids is 1. The molecular formula is C26H34N4O. The van der Waals surface area contributed by atoms with E-state index >= 15 is 0 Å². The minimum Gasteiger partial charge on any atom is -0.350 e. The van der Waals surface area contributed by atoms with Gasteiger partial charge in [0, 0.05) is 24.5 Å². The van der Waals surface area contributed by atoms with Crippen molar-refractivity contribution in [3.05, 3.63) is 65.9 Å². The van der Waals surface area contributed by atoms with Gasteiger partial charge in [-0.1, -0.05) is 55.5 Å². The van der Waals surface area contributed by atoms with Gasteiger partial charge in [-0.3, -0.25) is 9.48 Å². The number of piperidine rings is 1. The second-order valence-electron chi connectivity index (χ2n) is 8.80. The van der Waals surface area contributed by atoms with Gasteiger partial charge in [-0.25, -0.2) is 0 Å². The van der Waals surface area contributed by atoms with Crippen LogP contribution in [0, 0.1) is 5.92 Å². The molecule has 0 saturated carbocycles. The smallest absolute Gasteiger partial charge is 0.272 e. The molecule has 1 aliphatic rings. The molecule has 1 fully saturated rings. The summed E-state index contributed by atoms with van der Waals surface area (Å²) in [5.41, 5.74) is 2.99. The summed E-state index contributed by atoms with van der Waals surface area (Å²) in [7, 11) is 0. The number of rotatable bonds is 8. The molecule has 4 rings (SSSR count). The molecule has 1 unspecified atom stereocenters. The number of nitrogens with zero attached hydrogens (tertiary/aromatic N) is 3. The molecule has 0 spiro atoms. The van der Waals surface area contributed by atoms with Crippen LogP contribution in [0.3, 0.4) is 0 Å². The number of hydrogen-bond acceptors (Lipinski definition) is 3. The van der Waals surface area contributed by atoms with Gasteiger partial charge in [0.25, 0.3) is 5.91 Å². The molecular weight excluding hydrogens is 384 g/mol. The Labute approximate surface area is 185 Å². The van der Waals surface area contributed by atoms with Crippen molar-refractivity contribution in [3.63, 3.8) is 0 Å². The maximum Gasteiger partial charge on any atom is 0.272 e. The van der Waals surface area contributed by atoms with E-state index in [4.69, 9.17) is 0 Å². The van der Waals surface area contributed by atoms with Gasteiger partial charge in [0.1, 0.15) is 0 Å². The SMILES string of the molecule is CCC(C)n1nc(C(=O)NCC2CCN(CCc3ccccc3)CC2)c2ccccc21. The number of aromatic nitrogens is 2. The second-order valence-corrected chi connectivity index (χ2v) is 8.80. The van der Waals surface area contributed by atoms with Crippen molar-refractivity contribution >= 4 is 16.8 Å². The molecule has 5 nitrogen and oxygen atoms in total. The van der Waals surface area contributed by atoms with E-state index in [0.717, 1.165) is 62.8 Å². The molecule has 1 N–H and O–H groups in total. The van der Waals surface area contributed by atoms with Gasteiger partial charge in [-0.05, 0) is 63.2 Å². The molecule has 1 atom stereocenters. The van der Waals surface area contributed by atoms with Crippen molar-refractivity contribution in [2.45, 2.75) is 45.6 Å². The lowest BCUT2D eigenvalue weighted by Crippen LogP contribution is -2.39. The Balaban J connectivity index is 1.29. The van der Waals surface area contributed by atoms with Crippen LogP contribution in [-0.2, 0) is 6.42 Å². The first-order valence-electron chi connectivity index (χ1n) is 11.7. The Kier molecular flexibility index (Phi) is 7.03. The lowest BCUT2D eigenvalue weighted by Gasteiger charge is -2.32. The van der Waals surface area contributed by atoms with E-state index in [1.165, 1.54) is 5.56 Å². The van der Waals surface area contributed by atoms with E-state index in [1.54, 1.807) is 0 Å². The van der Waals surface area contributed by atoms with Crippen molar-refractivity contribution in [1.29, 1.82) is 0 Å². The first-order chi connectivity index (χ1) is 15.2. The van der Waals surface area contributed by atoms with Crippen LogP contribution in [0.1, 0.15) is 55.2 Å². The molecule has 2 aromatic carbocycles. The predicted octanol–water partition coefficient (Wildman–Crippen LogP) is 4.69. The first kappa shape index (κ1) is 21.6. The predicted molar refractivity (Wildman–Crippen MR) is 126 cm³/mol. The van der Waals surface area contributed by atoms with Gasteiger partial charge in [0.15, 0.2) is 5.69 Å². The topological polar surface area (TPSA) is 50.2 Å². The molecule has 0 radical (unpaired) electrons. The quantitative estimate of drug-likeness (QED) is 0.577. The Hall–Kier alpha value is -2.66. The highest BCUT2D eigenvalue weighted by atomic mass is 16.1. The van der Waals surface area contributed by atoms with Crippen LogP contribution in [0.25, 0.3) is 10.9 Å². The van der Waals surface area contributed by atoms with Gasteiger partial charge < -0.3 is 10.2 Å². The highest BCUT2D eigenvalue weighted by Crippen LogP contribution is 2.23. The number of carbonyl (C=O) groups is 1. The van der Waals surface area contributed by atoms with Crippen molar-refractivity contribution in [3.8, 4) is 0 Å². The number of likely N-dealkylation sites (tertiary alicyclic amines) is 1. The largest absolute Gasteiger partial charge is 0.350 e. The average molecular weight is 419 g/mol. The summed E-state index contributed by atoms with van der Waals surface area (Å²) < 4.78 is 2.00. The zero-order chi connectivity index (χ0) is 21.6. The second kappa shape index (κ2) is 10.1. The number of amides is 1. The van der Waals surface area contributed by atoms with E-state index in [9.17, 15) is 4.79 Å². The third-order valence-corrected chi connectivity index (χ3v) is 6.66. The number of fused-ring (bicyclic) bond motifs is 1. The number of para-hydroxylation sites is 1. The van der Waals surface area contributed by atoms with Crippen molar-refractivity contribution in [2.24, 2.45) is 5.92 Å². The Morgan fingerprint density at radius 2 is 1.81 bits per heavy atom. The van der Waals surface area contributed by atoms with Gasteiger partial charge in [-0.2, -0.15) is 5.10 Å². The van der Waals surface area contributed by atoms with Crippen molar-refractivity contribution in [1.82, 2.24) is 20.0 Å². The van der Waals surface area contributed by atoms with Gasteiger partial charge in [-0.15, -0.1) is 0 Å². The standard InChI is InChI=1S/C26H34N4O/c1-3-20(2)30-24-12-8-7-11-23(24)25(28-30)26(31)27-19-22-14-17-29(18-15-22)16-13-21-9-5-4-6-10-21/h4-12,20,22H,3,13-19H2,1-2H3,(H,27,31). The highest BCUT2D eigenvalue weighted by molar-refractivity contribution is 6.04. The summed E-state index contributed by atoms with van der Waals surface area (Å²) in [6, 6.07) is 19.0. The van der Waals surface area contributed by atoms with Crippen LogP contribution < -0.4 is 5.32 Å². The van der Waals surface area contributed by atoms with E-state index in [0.29, 0.717) is 11.6 Å². The molecule has 1 amide bonds. The van der Waals surface area contributed by atoms with Gasteiger partial charge in [0.2, 0.25) is 0 Å². The maximum absolute atomic E-state index is 13.0. The molecule has 1 aliphatic heterocycles. The van der Waals surface area contributed by atoms with Crippen LogP contribution in [0.5, 0.6) is 0 Å². The van der Waals surface area contributed by atoms with Crippen LogP contribution >= 0.6 is 0 Å². The Morgan fingerprint density at radius 1 is 1.10 bits per heavy atom. The average Bonchev–Trinajstić information content (AvgIpc) is 3.22. The van der Waals surface area contributed by atoms with Crippen LogP contribution in [0.15, 0.2) is 54.6 Å². The summed E-state index contributed by atoms with van der Waals surface area (Å²) in [6.07, 6.45) is 4.36. The lowest BCUT2D eigenvalue weighted by atomic mass is 9.96. The molecule has 0 aliphatic carbocycles. The van der Waals surface area contributed by atoms with Crippen molar-refractivity contribution in [2.75, 3.05) is 26.2 Å². The molecule has 31 heavy (non-hydrogen) atoms. The fourth-order valence-corrected chi connectivity index (χ4v) is 4.43. The number of hydrogen-bond donors (Lipinski definition) is 1. The molecule has 164 valence electrons. The summed E-state index contributed by atoms with van der Waals surface area (Å²) in [5, 5.41) is 8.80. The molecule has 3 aromatic rings. The fourth-order valence-electron chi connectivity index (χ4n) is 4.43. The zero-order valence-electron chi connectivity index (χ0n) is 18.8. The minimum absolute atomic E-state index is 0.0511. The zero-order valence-corrected chi connectivity index (χ0v) is 18.8. The monoisotopic (exact) mass is 418 g/mol. The van der Waals surface area contributed by atoms with Crippen LogP contribution in [0.4, 0.5) is 0 Å². The normalized spacial score (nSPS) is 16.5. The molecule has 1 aromatic heterocycles. The van der Waals surface area contributed by atoms with Crippen LogP contribution in [-0.4, -0.2) is 46.8 Å². The van der Waals surface area contributed by atoms with E-state index in [1.807, 2.05) is 22.9 Å². The fraction of sp³-hybridized carbons (Fsp3) is 0.462. The number of benzene rings is 2. The molecule has 5 heteroatoms. The first-order valence-corrected chi connectivity index (χ1v) is 11.7. The van der Waals surface area contributed by atoms with Crippen molar-refractivity contribution < 1.29 is 4.79 Å². The summed E-state index contributed by atoms with van der Waals surface area (Å²) in [4.78, 5) is 15.5. The van der Waals surface area contributed by atoms with E-state index < -0.39 is 0 Å². The molecule has 2 heterocycles. The number of nitrogens with one attached hydrogen (secondary N) is 1. The maximum atomic E-state index is 13.0. The van der Waals surface area contributed by atoms with E-state index in [2.05, 4.69) is 65.6 Å². The summed E-state index contributed by atoms with van der Waals surface area (Å²) in [5.74, 6) is 0.490. The van der Waals surface area contributed by atoms with Gasteiger partial charge >= 0.3 is 0 Å². The third kappa shape index (κ3) is 5.16. The summed E-state index contributed by atoms with van der Waals surface area (Å²) >= 11 is 0. The molecule has 1 saturated heterocycles. The van der Waals surface area contributed by atoms with Gasteiger partial charge in [0.05, 0.1) is 5.52 Å². The third-order valence-electron chi connectivity index (χ3n) is 6.66.